The maximum absolute atomic E-state index is 12.2. The second-order valence-electron chi connectivity index (χ2n) is 5.48. The van der Waals surface area contributed by atoms with Crippen LogP contribution in [-0.4, -0.2) is 39.2 Å². The number of likely N-dealkylation sites (tertiary alicyclic amines) is 1. The summed E-state index contributed by atoms with van der Waals surface area (Å²) in [4.78, 5) is 25.6. The van der Waals surface area contributed by atoms with Gasteiger partial charge < -0.3 is 14.4 Å². The molecular weight excluding hydrogens is 260 g/mol. The molecule has 0 saturated carbocycles. The van der Waals surface area contributed by atoms with Crippen molar-refractivity contribution in [2.45, 2.75) is 25.5 Å². The molecule has 106 valence electrons. The fourth-order valence-electron chi connectivity index (χ4n) is 2.56. The van der Waals surface area contributed by atoms with Gasteiger partial charge in [-0.05, 0) is 25.5 Å². The van der Waals surface area contributed by atoms with Crippen LogP contribution in [0.2, 0.25) is 0 Å². The minimum atomic E-state index is -0.834. The third-order valence-electron chi connectivity index (χ3n) is 3.67. The maximum Gasteiger partial charge on any atom is 0.420 e. The summed E-state index contributed by atoms with van der Waals surface area (Å²) in [5, 5.41) is 9.89. The molecule has 0 aliphatic carbocycles. The Morgan fingerprint density at radius 2 is 2.20 bits per heavy atom. The van der Waals surface area contributed by atoms with E-state index in [1.807, 2.05) is 0 Å². The molecule has 6 nitrogen and oxygen atoms in total. The Hall–Kier alpha value is -2.08. The number of carbonyl (C=O) groups is 1. The molecule has 2 aromatic rings. The van der Waals surface area contributed by atoms with Gasteiger partial charge in [0.15, 0.2) is 5.58 Å². The van der Waals surface area contributed by atoms with Crippen LogP contribution >= 0.6 is 0 Å². The second-order valence-corrected chi connectivity index (χ2v) is 5.48. The number of nitrogens with zero attached hydrogens (tertiary/aromatic N) is 2. The summed E-state index contributed by atoms with van der Waals surface area (Å²) in [5.41, 5.74) is 0.245. The number of aliphatic hydroxyl groups is 1. The van der Waals surface area contributed by atoms with Crippen molar-refractivity contribution < 1.29 is 14.3 Å². The van der Waals surface area contributed by atoms with Gasteiger partial charge in [0.05, 0.1) is 11.1 Å². The number of benzene rings is 1. The molecule has 2 heterocycles. The molecule has 0 spiro atoms. The number of amides is 1. The van der Waals surface area contributed by atoms with Crippen molar-refractivity contribution in [3.8, 4) is 0 Å². The van der Waals surface area contributed by atoms with E-state index in [4.69, 9.17) is 4.42 Å². The topological polar surface area (TPSA) is 75.7 Å². The summed E-state index contributed by atoms with van der Waals surface area (Å²) < 4.78 is 6.41. The molecule has 20 heavy (non-hydrogen) atoms. The molecular formula is C14H16N2O4. The highest BCUT2D eigenvalue weighted by molar-refractivity contribution is 5.79. The first-order valence-corrected chi connectivity index (χ1v) is 6.55. The summed E-state index contributed by atoms with van der Waals surface area (Å²) in [6.07, 6.45) is 0.555. The fraction of sp³-hybridized carbons (Fsp3) is 0.429. The van der Waals surface area contributed by atoms with Crippen LogP contribution in [0.15, 0.2) is 33.5 Å². The fourth-order valence-corrected chi connectivity index (χ4v) is 2.56. The van der Waals surface area contributed by atoms with Crippen molar-refractivity contribution in [1.82, 2.24) is 9.47 Å². The van der Waals surface area contributed by atoms with E-state index in [1.165, 1.54) is 4.57 Å². The predicted molar refractivity (Wildman–Crippen MR) is 72.3 cm³/mol. The first-order chi connectivity index (χ1) is 9.46. The third kappa shape index (κ3) is 2.22. The Bertz CT molecular complexity index is 713. The van der Waals surface area contributed by atoms with Gasteiger partial charge in [-0.25, -0.2) is 4.79 Å². The highest BCUT2D eigenvalue weighted by Crippen LogP contribution is 2.20. The lowest BCUT2D eigenvalue weighted by Crippen LogP contribution is -2.37. The number of rotatable bonds is 2. The van der Waals surface area contributed by atoms with Crippen molar-refractivity contribution in [1.29, 1.82) is 0 Å². The summed E-state index contributed by atoms with van der Waals surface area (Å²) in [5.74, 6) is -0.720. The number of hydrogen-bond donors (Lipinski definition) is 1. The molecule has 1 saturated heterocycles. The van der Waals surface area contributed by atoms with Gasteiger partial charge in [0.1, 0.15) is 6.54 Å². The number of β-amino-alcohol motifs (C(OH)–C–C–N with tert-alkyl or cyclic N) is 1. The zero-order valence-corrected chi connectivity index (χ0v) is 11.2. The van der Waals surface area contributed by atoms with Gasteiger partial charge in [-0.1, -0.05) is 12.1 Å². The van der Waals surface area contributed by atoms with Crippen LogP contribution in [-0.2, 0) is 11.3 Å². The normalized spacial score (nSPS) is 22.6. The van der Waals surface area contributed by atoms with E-state index < -0.39 is 11.4 Å². The average molecular weight is 276 g/mol. The molecule has 1 aromatic heterocycles. The molecule has 1 aliphatic rings. The molecule has 0 radical (unpaired) electrons. The number of para-hydroxylation sites is 2. The summed E-state index contributed by atoms with van der Waals surface area (Å²) in [6.45, 7) is 2.46. The number of oxazole rings is 1. The Morgan fingerprint density at radius 1 is 1.45 bits per heavy atom. The lowest BCUT2D eigenvalue weighted by Gasteiger charge is -2.19. The van der Waals surface area contributed by atoms with Gasteiger partial charge in [-0.3, -0.25) is 9.36 Å². The molecule has 1 N–H and O–H groups in total. The smallest absolute Gasteiger partial charge is 0.408 e. The summed E-state index contributed by atoms with van der Waals surface area (Å²) >= 11 is 0. The van der Waals surface area contributed by atoms with Gasteiger partial charge in [0.25, 0.3) is 0 Å². The van der Waals surface area contributed by atoms with Crippen LogP contribution in [0.1, 0.15) is 13.3 Å². The Morgan fingerprint density at radius 3 is 2.90 bits per heavy atom. The average Bonchev–Trinajstić information content (AvgIpc) is 2.91. The van der Waals surface area contributed by atoms with Crippen LogP contribution in [0.5, 0.6) is 0 Å². The second kappa shape index (κ2) is 4.49. The lowest BCUT2D eigenvalue weighted by molar-refractivity contribution is -0.131. The number of fused-ring (bicyclic) bond motifs is 1. The Labute approximate surface area is 115 Å². The van der Waals surface area contributed by atoms with Crippen molar-refractivity contribution in [2.24, 2.45) is 0 Å². The largest absolute Gasteiger partial charge is 0.420 e. The van der Waals surface area contributed by atoms with E-state index in [-0.39, 0.29) is 12.5 Å². The van der Waals surface area contributed by atoms with E-state index in [9.17, 15) is 14.7 Å². The van der Waals surface area contributed by atoms with Crippen LogP contribution in [0, 0.1) is 0 Å². The molecule has 3 rings (SSSR count). The first-order valence-electron chi connectivity index (χ1n) is 6.55. The van der Waals surface area contributed by atoms with Gasteiger partial charge >= 0.3 is 5.76 Å². The van der Waals surface area contributed by atoms with Gasteiger partial charge in [0, 0.05) is 13.1 Å². The minimum Gasteiger partial charge on any atom is -0.408 e. The van der Waals surface area contributed by atoms with Crippen LogP contribution in [0.3, 0.4) is 0 Å². The van der Waals surface area contributed by atoms with Crippen molar-refractivity contribution in [2.75, 3.05) is 13.1 Å². The molecule has 1 amide bonds. The lowest BCUT2D eigenvalue weighted by atomic mass is 10.1. The SMILES string of the molecule is CC1(O)CCN(C(=O)Cn2c(=O)oc3ccccc32)C1. The standard InChI is InChI=1S/C14H16N2O4/c1-14(19)6-7-15(9-14)12(17)8-16-10-4-2-3-5-11(10)20-13(16)18/h2-5,19H,6-9H2,1H3. The molecule has 1 aromatic carbocycles. The van der Waals surface area contributed by atoms with Gasteiger partial charge in [-0.2, -0.15) is 0 Å². The predicted octanol–water partition coefficient (Wildman–Crippen LogP) is 0.578. The minimum absolute atomic E-state index is 0.0636. The third-order valence-corrected chi connectivity index (χ3v) is 3.67. The number of aromatic nitrogens is 1. The van der Waals surface area contributed by atoms with Crippen LogP contribution < -0.4 is 5.76 Å². The van der Waals surface area contributed by atoms with E-state index in [1.54, 1.807) is 36.1 Å². The van der Waals surface area contributed by atoms with Crippen LogP contribution in [0.4, 0.5) is 0 Å². The molecule has 0 bridgehead atoms. The molecule has 1 unspecified atom stereocenters. The molecule has 1 aliphatic heterocycles. The van der Waals surface area contributed by atoms with E-state index in [0.29, 0.717) is 30.6 Å². The van der Waals surface area contributed by atoms with E-state index >= 15 is 0 Å². The zero-order valence-electron chi connectivity index (χ0n) is 11.2. The molecule has 1 atom stereocenters. The Kier molecular flexibility index (Phi) is 2.90. The van der Waals surface area contributed by atoms with Gasteiger partial charge in [-0.15, -0.1) is 0 Å². The zero-order chi connectivity index (χ0) is 14.3. The highest BCUT2D eigenvalue weighted by atomic mass is 16.4. The number of carbonyl (C=O) groups excluding carboxylic acids is 1. The van der Waals surface area contributed by atoms with E-state index in [0.717, 1.165) is 0 Å². The molecule has 1 fully saturated rings. The van der Waals surface area contributed by atoms with Crippen molar-refractivity contribution in [3.05, 3.63) is 34.8 Å². The monoisotopic (exact) mass is 276 g/mol. The van der Waals surface area contributed by atoms with Gasteiger partial charge in [0.2, 0.25) is 5.91 Å². The summed E-state index contributed by atoms with van der Waals surface area (Å²) in [6, 6.07) is 7.00. The maximum atomic E-state index is 12.2. The first kappa shape index (κ1) is 12.9. The quantitative estimate of drug-likeness (QED) is 0.870. The summed E-state index contributed by atoms with van der Waals surface area (Å²) in [7, 11) is 0. The van der Waals surface area contributed by atoms with Crippen LogP contribution in [0.25, 0.3) is 11.1 Å². The highest BCUT2D eigenvalue weighted by Gasteiger charge is 2.34. The van der Waals surface area contributed by atoms with E-state index in [2.05, 4.69) is 0 Å². The van der Waals surface area contributed by atoms with Crippen molar-refractivity contribution in [3.63, 3.8) is 0 Å². The Balaban J connectivity index is 1.85. The van der Waals surface area contributed by atoms with Crippen molar-refractivity contribution >= 4 is 17.0 Å². The molecule has 6 heteroatoms. The number of hydrogen-bond acceptors (Lipinski definition) is 4.